The molecule has 0 aliphatic heterocycles. The third kappa shape index (κ3) is 3.28. The van der Waals surface area contributed by atoms with Gasteiger partial charge in [0.2, 0.25) is 0 Å². The lowest BCUT2D eigenvalue weighted by molar-refractivity contribution is 0.576. The lowest BCUT2D eigenvalue weighted by atomic mass is 10.2. The topological polar surface area (TPSA) is 44.9 Å². The minimum Gasteiger partial charge on any atom is -0.315 e. The van der Waals surface area contributed by atoms with Crippen molar-refractivity contribution in [2.75, 3.05) is 0 Å². The van der Waals surface area contributed by atoms with Crippen molar-refractivity contribution in [3.63, 3.8) is 0 Å². The van der Waals surface area contributed by atoms with E-state index in [2.05, 4.69) is 36.3 Å². The van der Waals surface area contributed by atoms with Gasteiger partial charge in [-0.25, -0.2) is 0 Å². The van der Waals surface area contributed by atoms with Gasteiger partial charge in [-0.2, -0.15) is 0 Å². The molecule has 0 bridgehead atoms. The second kappa shape index (κ2) is 5.62. The third-order valence-corrected chi connectivity index (χ3v) is 4.76. The fourth-order valence-corrected chi connectivity index (χ4v) is 3.14. The van der Waals surface area contributed by atoms with Crippen LogP contribution < -0.4 is 10.2 Å². The first kappa shape index (κ1) is 12.5. The van der Waals surface area contributed by atoms with Crippen molar-refractivity contribution in [3.05, 3.63) is 42.6 Å². The summed E-state index contributed by atoms with van der Waals surface area (Å²) in [6.45, 7) is 5.03. The van der Waals surface area contributed by atoms with Gasteiger partial charge in [0, 0.05) is 33.4 Å². The summed E-state index contributed by atoms with van der Waals surface area (Å²) in [5, 5.41) is 5.28. The maximum atomic E-state index is 11.0. The summed E-state index contributed by atoms with van der Waals surface area (Å²) < 4.78 is 0. The smallest absolute Gasteiger partial charge is 0.304 e. The van der Waals surface area contributed by atoms with Crippen LogP contribution in [0, 0.1) is 0 Å². The highest BCUT2D eigenvalue weighted by Gasteiger charge is 2.08. The number of aromatic nitrogens is 1. The highest BCUT2D eigenvalue weighted by atomic mass is 32.1. The predicted molar refractivity (Wildman–Crippen MR) is 73.9 cm³/mol. The van der Waals surface area contributed by atoms with Crippen LogP contribution in [-0.2, 0) is 13.0 Å². The number of thiazole rings is 1. The van der Waals surface area contributed by atoms with Crippen LogP contribution in [0.2, 0.25) is 0 Å². The number of thiophene rings is 1. The molecule has 17 heavy (non-hydrogen) atoms. The molecule has 1 unspecified atom stereocenters. The number of H-pyrrole nitrogens is 1. The number of aromatic amines is 1. The van der Waals surface area contributed by atoms with Crippen LogP contribution in [0.3, 0.4) is 0 Å². The van der Waals surface area contributed by atoms with Gasteiger partial charge < -0.3 is 10.3 Å². The Morgan fingerprint density at radius 2 is 2.29 bits per heavy atom. The SMILES string of the molecule is CCc1ccc(C(C)NCc2csc(=O)[nH]2)s1. The van der Waals surface area contributed by atoms with E-state index in [-0.39, 0.29) is 4.87 Å². The van der Waals surface area contributed by atoms with Gasteiger partial charge in [0.25, 0.3) is 0 Å². The van der Waals surface area contributed by atoms with Crippen molar-refractivity contribution >= 4 is 22.7 Å². The number of aryl methyl sites for hydroxylation is 1. The second-order valence-corrected chi connectivity index (χ2v) is 5.98. The van der Waals surface area contributed by atoms with Crippen molar-refractivity contribution in [1.29, 1.82) is 0 Å². The Hall–Kier alpha value is -0.910. The Kier molecular flexibility index (Phi) is 4.15. The van der Waals surface area contributed by atoms with Crippen LogP contribution in [0.5, 0.6) is 0 Å². The molecule has 0 fully saturated rings. The molecule has 0 saturated heterocycles. The van der Waals surface area contributed by atoms with E-state index < -0.39 is 0 Å². The summed E-state index contributed by atoms with van der Waals surface area (Å²) in [4.78, 5) is 16.6. The van der Waals surface area contributed by atoms with Gasteiger partial charge in [-0.15, -0.1) is 11.3 Å². The molecule has 2 aromatic rings. The lowest BCUT2D eigenvalue weighted by Gasteiger charge is -2.10. The minimum absolute atomic E-state index is 0.0128. The summed E-state index contributed by atoms with van der Waals surface area (Å²) in [5.41, 5.74) is 0.958. The van der Waals surface area contributed by atoms with E-state index in [4.69, 9.17) is 0 Å². The Bertz CT molecular complexity index is 526. The number of hydrogen-bond donors (Lipinski definition) is 2. The van der Waals surface area contributed by atoms with E-state index in [9.17, 15) is 4.79 Å². The van der Waals surface area contributed by atoms with Crippen LogP contribution in [0.4, 0.5) is 0 Å². The first-order valence-electron chi connectivity index (χ1n) is 5.67. The summed E-state index contributed by atoms with van der Waals surface area (Å²) in [6.07, 6.45) is 1.09. The molecule has 3 nitrogen and oxygen atoms in total. The Balaban J connectivity index is 1.92. The molecule has 0 saturated carbocycles. The average molecular weight is 268 g/mol. The molecule has 0 spiro atoms. The van der Waals surface area contributed by atoms with Gasteiger partial charge in [0.05, 0.1) is 0 Å². The van der Waals surface area contributed by atoms with Crippen molar-refractivity contribution in [2.45, 2.75) is 32.9 Å². The molecular formula is C12H16N2OS2. The monoisotopic (exact) mass is 268 g/mol. The molecule has 5 heteroatoms. The summed E-state index contributed by atoms with van der Waals surface area (Å²) in [7, 11) is 0. The molecule has 2 rings (SSSR count). The first-order chi connectivity index (χ1) is 8.19. The minimum atomic E-state index is 0.0128. The van der Waals surface area contributed by atoms with Gasteiger partial charge in [0.15, 0.2) is 0 Å². The van der Waals surface area contributed by atoms with E-state index in [1.54, 1.807) is 0 Å². The van der Waals surface area contributed by atoms with Crippen molar-refractivity contribution in [3.8, 4) is 0 Å². The zero-order valence-electron chi connectivity index (χ0n) is 9.95. The highest BCUT2D eigenvalue weighted by Crippen LogP contribution is 2.23. The van der Waals surface area contributed by atoms with E-state index in [1.807, 2.05) is 16.7 Å². The zero-order chi connectivity index (χ0) is 12.3. The molecule has 2 N–H and O–H groups in total. The Morgan fingerprint density at radius 3 is 2.88 bits per heavy atom. The number of nitrogens with one attached hydrogen (secondary N) is 2. The number of rotatable bonds is 5. The molecule has 0 aromatic carbocycles. The van der Waals surface area contributed by atoms with Crippen LogP contribution in [0.15, 0.2) is 22.3 Å². The summed E-state index contributed by atoms with van der Waals surface area (Å²) in [6, 6.07) is 4.69. The molecule has 0 radical (unpaired) electrons. The molecule has 1 atom stereocenters. The highest BCUT2D eigenvalue weighted by molar-refractivity contribution is 7.12. The normalized spacial score (nSPS) is 12.8. The molecule has 92 valence electrons. The summed E-state index contributed by atoms with van der Waals surface area (Å²) in [5.74, 6) is 0. The van der Waals surface area contributed by atoms with Gasteiger partial charge in [-0.05, 0) is 25.5 Å². The quantitative estimate of drug-likeness (QED) is 0.875. The fraction of sp³-hybridized carbons (Fsp3) is 0.417. The molecule has 2 heterocycles. The standard InChI is InChI=1S/C12H16N2OS2/c1-3-10-4-5-11(17-10)8(2)13-6-9-7-16-12(15)14-9/h4-5,7-8,13H,3,6H2,1-2H3,(H,14,15). The second-order valence-electron chi connectivity index (χ2n) is 3.93. The third-order valence-electron chi connectivity index (χ3n) is 2.63. The Morgan fingerprint density at radius 1 is 1.47 bits per heavy atom. The van der Waals surface area contributed by atoms with E-state index in [0.717, 1.165) is 12.1 Å². The van der Waals surface area contributed by atoms with Gasteiger partial charge in [-0.1, -0.05) is 18.3 Å². The maximum Gasteiger partial charge on any atom is 0.304 e. The van der Waals surface area contributed by atoms with Crippen molar-refractivity contribution in [1.82, 2.24) is 10.3 Å². The van der Waals surface area contributed by atoms with Crippen molar-refractivity contribution < 1.29 is 0 Å². The largest absolute Gasteiger partial charge is 0.315 e. The van der Waals surface area contributed by atoms with Gasteiger partial charge in [0.1, 0.15) is 0 Å². The van der Waals surface area contributed by atoms with E-state index >= 15 is 0 Å². The molecule has 2 aromatic heterocycles. The van der Waals surface area contributed by atoms with Gasteiger partial charge >= 0.3 is 4.87 Å². The summed E-state index contributed by atoms with van der Waals surface area (Å²) >= 11 is 3.06. The number of hydrogen-bond acceptors (Lipinski definition) is 4. The average Bonchev–Trinajstić information content (AvgIpc) is 2.94. The first-order valence-corrected chi connectivity index (χ1v) is 7.37. The van der Waals surface area contributed by atoms with Gasteiger partial charge in [-0.3, -0.25) is 4.79 Å². The predicted octanol–water partition coefficient (Wildman–Crippen LogP) is 2.91. The fourth-order valence-electron chi connectivity index (χ4n) is 1.58. The molecule has 0 amide bonds. The lowest BCUT2D eigenvalue weighted by Crippen LogP contribution is -2.17. The molecule has 0 aliphatic rings. The van der Waals surface area contributed by atoms with Crippen LogP contribution >= 0.6 is 22.7 Å². The van der Waals surface area contributed by atoms with Crippen LogP contribution in [-0.4, -0.2) is 4.98 Å². The van der Waals surface area contributed by atoms with Crippen molar-refractivity contribution in [2.24, 2.45) is 0 Å². The zero-order valence-corrected chi connectivity index (χ0v) is 11.6. The molecular weight excluding hydrogens is 252 g/mol. The Labute approximate surface area is 109 Å². The maximum absolute atomic E-state index is 11.0. The van der Waals surface area contributed by atoms with E-state index in [0.29, 0.717) is 12.6 Å². The molecule has 0 aliphatic carbocycles. The van der Waals surface area contributed by atoms with E-state index in [1.165, 1.54) is 21.1 Å². The van der Waals surface area contributed by atoms with Crippen LogP contribution in [0.1, 0.15) is 35.3 Å². The van der Waals surface area contributed by atoms with Crippen LogP contribution in [0.25, 0.3) is 0 Å².